The molecule has 1 rings (SSSR count). The Morgan fingerprint density at radius 1 is 1.53 bits per heavy atom. The van der Waals surface area contributed by atoms with Crippen LogP contribution in [0.25, 0.3) is 0 Å². The Morgan fingerprint density at radius 2 is 2.24 bits per heavy atom. The summed E-state index contributed by atoms with van der Waals surface area (Å²) in [5.41, 5.74) is 3.61. The Morgan fingerprint density at radius 3 is 2.71 bits per heavy atom. The molecule has 98 valence electrons. The molecule has 17 heavy (non-hydrogen) atoms. The predicted molar refractivity (Wildman–Crippen MR) is 68.3 cm³/mol. The molecule has 5 nitrogen and oxygen atoms in total. The molecule has 1 aromatic heterocycles. The summed E-state index contributed by atoms with van der Waals surface area (Å²) in [6.07, 6.45) is 2.68. The summed E-state index contributed by atoms with van der Waals surface area (Å²) < 4.78 is 7.81. The van der Waals surface area contributed by atoms with E-state index in [-0.39, 0.29) is 11.6 Å². The zero-order valence-electron chi connectivity index (χ0n) is 11.2. The van der Waals surface area contributed by atoms with Gasteiger partial charge in [-0.25, -0.2) is 5.43 Å². The van der Waals surface area contributed by atoms with Gasteiger partial charge in [0.2, 0.25) is 0 Å². The third-order valence-corrected chi connectivity index (χ3v) is 3.30. The van der Waals surface area contributed by atoms with Crippen LogP contribution < -0.4 is 11.3 Å². The van der Waals surface area contributed by atoms with Crippen LogP contribution in [0.1, 0.15) is 45.9 Å². The molecule has 0 spiro atoms. The number of ether oxygens (including phenoxy) is 1. The van der Waals surface area contributed by atoms with Gasteiger partial charge in [-0.3, -0.25) is 10.5 Å². The fourth-order valence-corrected chi connectivity index (χ4v) is 2.15. The van der Waals surface area contributed by atoms with E-state index in [0.717, 1.165) is 18.7 Å². The highest BCUT2D eigenvalue weighted by molar-refractivity contribution is 5.12. The quantitative estimate of drug-likeness (QED) is 0.561. The molecule has 1 heterocycles. The van der Waals surface area contributed by atoms with E-state index in [1.807, 2.05) is 17.7 Å². The third kappa shape index (κ3) is 2.86. The molecule has 0 amide bonds. The van der Waals surface area contributed by atoms with Crippen molar-refractivity contribution in [3.63, 3.8) is 0 Å². The van der Waals surface area contributed by atoms with Crippen molar-refractivity contribution in [2.45, 2.75) is 52.3 Å². The maximum atomic E-state index is 5.87. The number of nitrogens with two attached hydrogens (primary N) is 1. The number of nitrogens with one attached hydrogen (secondary N) is 1. The normalized spacial score (nSPS) is 16.8. The van der Waals surface area contributed by atoms with Gasteiger partial charge in [-0.15, -0.1) is 0 Å². The van der Waals surface area contributed by atoms with Crippen molar-refractivity contribution < 1.29 is 4.74 Å². The average molecular weight is 240 g/mol. The van der Waals surface area contributed by atoms with Crippen molar-refractivity contribution in [1.29, 1.82) is 0 Å². The number of hydrogen-bond donors (Lipinski definition) is 2. The average Bonchev–Trinajstić information content (AvgIpc) is 2.78. The highest BCUT2D eigenvalue weighted by Crippen LogP contribution is 2.31. The van der Waals surface area contributed by atoms with E-state index < -0.39 is 0 Å². The molecular weight excluding hydrogens is 216 g/mol. The number of aromatic nitrogens is 2. The lowest BCUT2D eigenvalue weighted by atomic mass is 9.91. The molecular formula is C12H24N4O. The van der Waals surface area contributed by atoms with Gasteiger partial charge in [0.05, 0.1) is 17.3 Å². The van der Waals surface area contributed by atoms with Crippen LogP contribution in [0.4, 0.5) is 0 Å². The second-order valence-electron chi connectivity index (χ2n) is 4.27. The summed E-state index contributed by atoms with van der Waals surface area (Å²) in [6, 6.07) is 1.93. The summed E-state index contributed by atoms with van der Waals surface area (Å²) in [7, 11) is 0. The Kier molecular flexibility index (Phi) is 5.11. The Bertz CT molecular complexity index is 339. The molecule has 0 aliphatic rings. The Labute approximate surface area is 103 Å². The third-order valence-electron chi connectivity index (χ3n) is 3.30. The summed E-state index contributed by atoms with van der Waals surface area (Å²) >= 11 is 0. The number of rotatable bonds is 7. The predicted octanol–water partition coefficient (Wildman–Crippen LogP) is 1.61. The minimum atomic E-state index is -0.323. The van der Waals surface area contributed by atoms with Crippen LogP contribution in [0.3, 0.4) is 0 Å². The molecule has 0 aromatic carbocycles. The van der Waals surface area contributed by atoms with Gasteiger partial charge >= 0.3 is 0 Å². The minimum absolute atomic E-state index is 0.0603. The van der Waals surface area contributed by atoms with Crippen LogP contribution in [-0.4, -0.2) is 22.0 Å². The number of nitrogens with zero attached hydrogens (tertiary/aromatic N) is 2. The van der Waals surface area contributed by atoms with Gasteiger partial charge in [0.1, 0.15) is 0 Å². The van der Waals surface area contributed by atoms with Crippen LogP contribution in [0.5, 0.6) is 0 Å². The van der Waals surface area contributed by atoms with Crippen molar-refractivity contribution in [3.05, 3.63) is 18.0 Å². The standard InChI is InChI=1S/C12H24N4O/c1-5-12(4,17-7-3)11(15-13)10-8-9-14-16(10)6-2/h8-9,11,15H,5-7,13H2,1-4H3. The lowest BCUT2D eigenvalue weighted by Crippen LogP contribution is -2.47. The summed E-state index contributed by atoms with van der Waals surface area (Å²) in [5, 5.41) is 4.28. The molecule has 2 unspecified atom stereocenters. The van der Waals surface area contributed by atoms with Gasteiger partial charge in [-0.2, -0.15) is 5.10 Å². The molecule has 0 bridgehead atoms. The van der Waals surface area contributed by atoms with E-state index in [2.05, 4.69) is 31.3 Å². The highest BCUT2D eigenvalue weighted by atomic mass is 16.5. The maximum absolute atomic E-state index is 5.87. The summed E-state index contributed by atoms with van der Waals surface area (Å²) in [6.45, 7) is 9.74. The maximum Gasteiger partial charge on any atom is 0.0915 e. The topological polar surface area (TPSA) is 65.1 Å². The van der Waals surface area contributed by atoms with Crippen LogP contribution in [0, 0.1) is 0 Å². The van der Waals surface area contributed by atoms with E-state index in [0.29, 0.717) is 6.61 Å². The largest absolute Gasteiger partial charge is 0.373 e. The first-order valence-electron chi connectivity index (χ1n) is 6.24. The zero-order valence-corrected chi connectivity index (χ0v) is 11.2. The van der Waals surface area contributed by atoms with Crippen LogP contribution in [-0.2, 0) is 11.3 Å². The van der Waals surface area contributed by atoms with Crippen LogP contribution in [0.2, 0.25) is 0 Å². The van der Waals surface area contributed by atoms with E-state index in [9.17, 15) is 0 Å². The number of aryl methyl sites for hydroxylation is 1. The fraction of sp³-hybridized carbons (Fsp3) is 0.750. The van der Waals surface area contributed by atoms with Gasteiger partial charge < -0.3 is 4.74 Å². The van der Waals surface area contributed by atoms with E-state index in [1.165, 1.54) is 0 Å². The second-order valence-corrected chi connectivity index (χ2v) is 4.27. The van der Waals surface area contributed by atoms with Gasteiger partial charge in [0.15, 0.2) is 0 Å². The molecule has 1 aromatic rings. The van der Waals surface area contributed by atoms with E-state index in [4.69, 9.17) is 10.6 Å². The molecule has 0 saturated heterocycles. The van der Waals surface area contributed by atoms with Crippen molar-refractivity contribution in [1.82, 2.24) is 15.2 Å². The first-order valence-corrected chi connectivity index (χ1v) is 6.24. The van der Waals surface area contributed by atoms with Gasteiger partial charge in [-0.1, -0.05) is 6.92 Å². The summed E-state index contributed by atoms with van der Waals surface area (Å²) in [5.74, 6) is 5.71. The fourth-order valence-electron chi connectivity index (χ4n) is 2.15. The number of hydrazine groups is 1. The van der Waals surface area contributed by atoms with Gasteiger partial charge in [0.25, 0.3) is 0 Å². The lowest BCUT2D eigenvalue weighted by molar-refractivity contribution is -0.0582. The van der Waals surface area contributed by atoms with Crippen molar-refractivity contribution in [2.75, 3.05) is 6.61 Å². The molecule has 3 N–H and O–H groups in total. The molecule has 0 saturated carbocycles. The van der Waals surface area contributed by atoms with Crippen LogP contribution >= 0.6 is 0 Å². The summed E-state index contributed by atoms with van der Waals surface area (Å²) in [4.78, 5) is 0. The molecule has 0 aliphatic carbocycles. The first-order chi connectivity index (χ1) is 8.12. The molecule has 5 heteroatoms. The smallest absolute Gasteiger partial charge is 0.0915 e. The molecule has 0 fully saturated rings. The molecule has 0 radical (unpaired) electrons. The van der Waals surface area contributed by atoms with E-state index in [1.54, 1.807) is 6.20 Å². The number of hydrogen-bond acceptors (Lipinski definition) is 4. The van der Waals surface area contributed by atoms with Crippen molar-refractivity contribution in [2.24, 2.45) is 5.84 Å². The molecule has 0 aliphatic heterocycles. The highest BCUT2D eigenvalue weighted by Gasteiger charge is 2.35. The van der Waals surface area contributed by atoms with Crippen molar-refractivity contribution in [3.8, 4) is 0 Å². The first kappa shape index (κ1) is 14.2. The van der Waals surface area contributed by atoms with Gasteiger partial charge in [-0.05, 0) is 33.3 Å². The minimum Gasteiger partial charge on any atom is -0.373 e. The van der Waals surface area contributed by atoms with E-state index >= 15 is 0 Å². The Hall–Kier alpha value is -0.910. The second kappa shape index (κ2) is 6.14. The van der Waals surface area contributed by atoms with Crippen LogP contribution in [0.15, 0.2) is 12.3 Å². The van der Waals surface area contributed by atoms with Gasteiger partial charge in [0, 0.05) is 19.3 Å². The monoisotopic (exact) mass is 240 g/mol. The van der Waals surface area contributed by atoms with Crippen molar-refractivity contribution >= 4 is 0 Å². The lowest BCUT2D eigenvalue weighted by Gasteiger charge is -2.36. The Balaban J connectivity index is 3.04. The molecule has 2 atom stereocenters. The zero-order chi connectivity index (χ0) is 12.9. The SMILES string of the molecule is CCOC(C)(CC)C(NN)c1ccnn1CC.